The van der Waals surface area contributed by atoms with E-state index in [-0.39, 0.29) is 55.0 Å². The summed E-state index contributed by atoms with van der Waals surface area (Å²) in [5, 5.41) is 0. The minimum atomic E-state index is 0. The van der Waals surface area contributed by atoms with Crippen molar-refractivity contribution in [2.45, 2.75) is 49.0 Å². The fourth-order valence-electron chi connectivity index (χ4n) is 0.385. The van der Waals surface area contributed by atoms with Gasteiger partial charge in [-0.05, 0) is 0 Å². The van der Waals surface area contributed by atoms with Gasteiger partial charge in [-0.15, -0.1) is 0 Å². The SMILES string of the molecule is C.CC.CC.CC.COC.[CH3-].[CH3-].[Y].c1ccccc1. The molecule has 0 aliphatic carbocycles. The van der Waals surface area contributed by atoms with Crippen LogP contribution in [0, 0.1) is 14.9 Å². The molecule has 0 atom stereocenters. The molecule has 0 aromatic heterocycles. The van der Waals surface area contributed by atoms with E-state index >= 15 is 0 Å². The van der Waals surface area contributed by atoms with Gasteiger partial charge in [0.25, 0.3) is 0 Å². The largest absolute Gasteiger partial charge is 0.388 e. The average Bonchev–Trinajstić information content (AvgIpc) is 2.40. The van der Waals surface area contributed by atoms with Gasteiger partial charge in [0.05, 0.1) is 0 Å². The maximum Gasteiger partial charge on any atom is 0.0351 e. The number of rotatable bonds is 0. The monoisotopic (exact) mass is 349 g/mol. The molecule has 0 unspecified atom stereocenters. The first-order chi connectivity index (χ1) is 7.41. The molecule has 0 bridgehead atoms. The van der Waals surface area contributed by atoms with Gasteiger partial charge >= 0.3 is 0 Å². The minimum Gasteiger partial charge on any atom is -0.388 e. The second kappa shape index (κ2) is 103. The predicted molar refractivity (Wildman–Crippen MR) is 93.0 cm³/mol. The first-order valence-corrected chi connectivity index (χ1v) is 5.82. The van der Waals surface area contributed by atoms with Crippen molar-refractivity contribution in [3.05, 3.63) is 51.3 Å². The Hall–Kier alpha value is 0.284. The molecular weight excluding hydrogens is 309 g/mol. The van der Waals surface area contributed by atoms with Crippen molar-refractivity contribution in [1.82, 2.24) is 0 Å². The average molecular weight is 349 g/mol. The van der Waals surface area contributed by atoms with Crippen molar-refractivity contribution in [2.75, 3.05) is 14.2 Å². The van der Waals surface area contributed by atoms with Gasteiger partial charge in [-0.25, -0.2) is 0 Å². The molecule has 1 aromatic carbocycles. The van der Waals surface area contributed by atoms with Crippen LogP contribution in [0.25, 0.3) is 0 Å². The van der Waals surface area contributed by atoms with E-state index in [4.69, 9.17) is 0 Å². The molecule has 1 aromatic rings. The van der Waals surface area contributed by atoms with Crippen LogP contribution < -0.4 is 0 Å². The third-order valence-corrected chi connectivity index (χ3v) is 0.667. The number of benzene rings is 1. The molecule has 19 heavy (non-hydrogen) atoms. The third-order valence-electron chi connectivity index (χ3n) is 0.667. The number of hydrogen-bond donors (Lipinski definition) is 0. The fourth-order valence-corrected chi connectivity index (χ4v) is 0.385. The van der Waals surface area contributed by atoms with E-state index in [1.54, 1.807) is 14.2 Å². The van der Waals surface area contributed by atoms with Crippen molar-refractivity contribution < 1.29 is 37.4 Å². The summed E-state index contributed by atoms with van der Waals surface area (Å²) in [6, 6.07) is 12.0. The van der Waals surface area contributed by atoms with Crippen LogP contribution in [-0.4, -0.2) is 14.2 Å². The van der Waals surface area contributed by atoms with Gasteiger partial charge in [0.2, 0.25) is 0 Å². The van der Waals surface area contributed by atoms with Gasteiger partial charge in [-0.1, -0.05) is 85.4 Å². The molecule has 1 radical (unpaired) electrons. The Labute approximate surface area is 151 Å². The molecule has 2 heteroatoms. The molecule has 0 spiro atoms. The van der Waals surface area contributed by atoms with Crippen LogP contribution in [0.1, 0.15) is 49.0 Å². The van der Waals surface area contributed by atoms with Crippen molar-refractivity contribution in [3.63, 3.8) is 0 Å². The van der Waals surface area contributed by atoms with Crippen LogP contribution in [0.4, 0.5) is 0 Å². The maximum atomic E-state index is 4.25. The molecule has 119 valence electrons. The predicted octanol–water partition coefficient (Wildman–Crippen LogP) is 6.56. The van der Waals surface area contributed by atoms with Crippen molar-refractivity contribution in [3.8, 4) is 0 Å². The standard InChI is InChI=1S/C6H6.C2H6O.3C2H6.CH4.2CH3.Y/c1-2-4-6-5-3-1;1-3-2;3*1-2;;;;/h1-6H;1-2H3;3*1-2H3;1H4;2*1H3;/q;;;;;;2*-1;. The third kappa shape index (κ3) is 123. The van der Waals surface area contributed by atoms with E-state index in [0.717, 1.165) is 0 Å². The molecule has 0 aliphatic heterocycles. The molecule has 0 saturated carbocycles. The molecule has 1 rings (SSSR count). The zero-order chi connectivity index (χ0) is 12.9. The molecule has 0 heterocycles. The summed E-state index contributed by atoms with van der Waals surface area (Å²) in [6.45, 7) is 12.0. The van der Waals surface area contributed by atoms with Gasteiger partial charge in [-0.3, -0.25) is 0 Å². The van der Waals surface area contributed by atoms with Gasteiger partial charge in [-0.2, -0.15) is 0 Å². The molecule has 0 aliphatic rings. The number of hydrogen-bond acceptors (Lipinski definition) is 1. The van der Waals surface area contributed by atoms with Crippen LogP contribution in [0.2, 0.25) is 0 Å². The summed E-state index contributed by atoms with van der Waals surface area (Å²) >= 11 is 0. The molecule has 0 saturated heterocycles. The molecular formula is C17H40OY-2. The Balaban J connectivity index is -0.0000000140. The zero-order valence-electron chi connectivity index (χ0n) is 14.4. The van der Waals surface area contributed by atoms with Crippen LogP contribution in [0.5, 0.6) is 0 Å². The van der Waals surface area contributed by atoms with Crippen LogP contribution in [0.15, 0.2) is 36.4 Å². The van der Waals surface area contributed by atoms with E-state index in [1.165, 1.54) is 0 Å². The van der Waals surface area contributed by atoms with Crippen LogP contribution in [0.3, 0.4) is 0 Å². The Morgan fingerprint density at radius 1 is 0.526 bits per heavy atom. The molecule has 0 fully saturated rings. The van der Waals surface area contributed by atoms with Gasteiger partial charge in [0.1, 0.15) is 0 Å². The number of ether oxygens (including phenoxy) is 1. The van der Waals surface area contributed by atoms with E-state index in [1.807, 2.05) is 77.9 Å². The van der Waals surface area contributed by atoms with E-state index in [9.17, 15) is 0 Å². The summed E-state index contributed by atoms with van der Waals surface area (Å²) in [4.78, 5) is 0. The Morgan fingerprint density at radius 2 is 0.579 bits per heavy atom. The summed E-state index contributed by atoms with van der Waals surface area (Å²) in [6.07, 6.45) is 0. The van der Waals surface area contributed by atoms with Crippen molar-refractivity contribution >= 4 is 0 Å². The van der Waals surface area contributed by atoms with Crippen LogP contribution in [-0.2, 0) is 37.4 Å². The first-order valence-electron chi connectivity index (χ1n) is 5.82. The smallest absolute Gasteiger partial charge is 0.0351 e. The van der Waals surface area contributed by atoms with E-state index in [0.29, 0.717) is 0 Å². The van der Waals surface area contributed by atoms with Crippen molar-refractivity contribution in [1.29, 1.82) is 0 Å². The van der Waals surface area contributed by atoms with Crippen LogP contribution >= 0.6 is 0 Å². The van der Waals surface area contributed by atoms with Gasteiger partial charge in [0.15, 0.2) is 0 Å². The second-order valence-corrected chi connectivity index (χ2v) is 1.56. The van der Waals surface area contributed by atoms with Crippen molar-refractivity contribution in [2.24, 2.45) is 0 Å². The Bertz CT molecular complexity index is 94.1. The first kappa shape index (κ1) is 50.6. The van der Waals surface area contributed by atoms with E-state index < -0.39 is 0 Å². The Morgan fingerprint density at radius 3 is 0.632 bits per heavy atom. The normalized spacial score (nSPS) is 4.42. The molecule has 0 N–H and O–H groups in total. The maximum absolute atomic E-state index is 4.25. The minimum absolute atomic E-state index is 0. The number of methoxy groups -OCH3 is 1. The summed E-state index contributed by atoms with van der Waals surface area (Å²) < 4.78 is 4.25. The Kier molecular flexibility index (Phi) is 274. The second-order valence-electron chi connectivity index (χ2n) is 1.56. The molecule has 0 amide bonds. The summed E-state index contributed by atoms with van der Waals surface area (Å²) in [5.74, 6) is 0. The topological polar surface area (TPSA) is 9.23 Å². The van der Waals surface area contributed by atoms with Gasteiger partial charge < -0.3 is 19.6 Å². The summed E-state index contributed by atoms with van der Waals surface area (Å²) in [5.41, 5.74) is 0. The molecule has 1 nitrogen and oxygen atoms in total. The summed E-state index contributed by atoms with van der Waals surface area (Å²) in [7, 11) is 3.25. The zero-order valence-corrected chi connectivity index (χ0v) is 17.3. The fraction of sp³-hybridized carbons (Fsp3) is 0.529. The van der Waals surface area contributed by atoms with Gasteiger partial charge in [0, 0.05) is 46.9 Å². The van der Waals surface area contributed by atoms with E-state index in [2.05, 4.69) is 4.74 Å². The quantitative estimate of drug-likeness (QED) is 0.482.